The molecule has 1 N–H and O–H groups in total. The molecule has 0 aliphatic rings. The molecule has 4 nitrogen and oxygen atoms in total. The molecule has 0 aromatic carbocycles. The van der Waals surface area contributed by atoms with Gasteiger partial charge in [0.05, 0.1) is 0 Å². The first kappa shape index (κ1) is 12.5. The molecule has 0 aliphatic heterocycles. The minimum atomic E-state index is -0.0755. The fourth-order valence-electron chi connectivity index (χ4n) is 1.47. The van der Waals surface area contributed by atoms with Crippen LogP contribution in [0.5, 0.6) is 0 Å². The van der Waals surface area contributed by atoms with Crippen molar-refractivity contribution >= 4 is 5.82 Å². The number of nitrogens with zero attached hydrogens (tertiary/aromatic N) is 2. The third-order valence-corrected chi connectivity index (χ3v) is 2.33. The van der Waals surface area contributed by atoms with Crippen molar-refractivity contribution in [2.24, 2.45) is 0 Å². The van der Waals surface area contributed by atoms with Gasteiger partial charge in [-0.3, -0.25) is 4.79 Å². The fourth-order valence-corrected chi connectivity index (χ4v) is 1.47. The Balaban J connectivity index is 2.93. The molecule has 16 heavy (non-hydrogen) atoms. The van der Waals surface area contributed by atoms with Crippen LogP contribution < -0.4 is 10.9 Å². The van der Waals surface area contributed by atoms with Gasteiger partial charge < -0.3 is 9.88 Å². The summed E-state index contributed by atoms with van der Waals surface area (Å²) in [5.74, 6) is 0.408. The van der Waals surface area contributed by atoms with Gasteiger partial charge in [0.1, 0.15) is 0 Å². The van der Waals surface area contributed by atoms with Gasteiger partial charge in [0.25, 0.3) is 5.56 Å². The Morgan fingerprint density at radius 2 is 2.25 bits per heavy atom. The second-order valence-corrected chi connectivity index (χ2v) is 4.15. The molecule has 0 fully saturated rings. The number of aromatic nitrogens is 2. The van der Waals surface area contributed by atoms with Crippen molar-refractivity contribution in [2.45, 2.75) is 39.3 Å². The van der Waals surface area contributed by atoms with Crippen LogP contribution in [0.25, 0.3) is 0 Å². The van der Waals surface area contributed by atoms with Crippen LogP contribution in [-0.2, 0) is 0 Å². The van der Waals surface area contributed by atoms with Crippen molar-refractivity contribution in [3.63, 3.8) is 0 Å². The Bertz CT molecular complexity index is 409. The highest BCUT2D eigenvalue weighted by Gasteiger charge is 2.08. The summed E-state index contributed by atoms with van der Waals surface area (Å²) in [5, 5.41) is 3.09. The van der Waals surface area contributed by atoms with Gasteiger partial charge in [0, 0.05) is 24.5 Å². The molecule has 0 amide bonds. The van der Waals surface area contributed by atoms with Crippen molar-refractivity contribution in [3.05, 3.63) is 35.4 Å². The summed E-state index contributed by atoms with van der Waals surface area (Å²) in [6.45, 7) is 9.60. The van der Waals surface area contributed by atoms with Crippen LogP contribution in [0, 0.1) is 0 Å². The van der Waals surface area contributed by atoms with E-state index in [0.29, 0.717) is 5.82 Å². The Hall–Kier alpha value is -1.58. The summed E-state index contributed by atoms with van der Waals surface area (Å²) in [7, 11) is 0. The first-order valence-corrected chi connectivity index (χ1v) is 5.50. The minimum Gasteiger partial charge on any atom is -0.363 e. The van der Waals surface area contributed by atoms with E-state index in [1.807, 2.05) is 26.8 Å². The molecule has 0 saturated carbocycles. The van der Waals surface area contributed by atoms with E-state index in [0.717, 1.165) is 6.42 Å². The summed E-state index contributed by atoms with van der Waals surface area (Å²) in [6, 6.07) is 0.312. The third kappa shape index (κ3) is 2.95. The highest BCUT2D eigenvalue weighted by atomic mass is 16.1. The zero-order chi connectivity index (χ0) is 12.1. The van der Waals surface area contributed by atoms with E-state index in [9.17, 15) is 4.79 Å². The molecule has 1 unspecified atom stereocenters. The predicted molar refractivity (Wildman–Crippen MR) is 66.8 cm³/mol. The monoisotopic (exact) mass is 221 g/mol. The van der Waals surface area contributed by atoms with Gasteiger partial charge in [-0.05, 0) is 27.2 Å². The average molecular weight is 221 g/mol. The van der Waals surface area contributed by atoms with Gasteiger partial charge in [-0.25, -0.2) is 4.98 Å². The lowest BCUT2D eigenvalue weighted by atomic mass is 10.2. The van der Waals surface area contributed by atoms with Crippen molar-refractivity contribution in [1.29, 1.82) is 0 Å². The van der Waals surface area contributed by atoms with Crippen molar-refractivity contribution in [3.8, 4) is 0 Å². The molecule has 1 aromatic rings. The van der Waals surface area contributed by atoms with Crippen molar-refractivity contribution in [2.75, 3.05) is 5.32 Å². The Morgan fingerprint density at radius 3 is 2.81 bits per heavy atom. The topological polar surface area (TPSA) is 46.9 Å². The van der Waals surface area contributed by atoms with E-state index in [-0.39, 0.29) is 17.6 Å². The maximum Gasteiger partial charge on any atom is 0.293 e. The maximum absolute atomic E-state index is 12.0. The molecule has 0 aliphatic carbocycles. The number of hydrogen-bond acceptors (Lipinski definition) is 3. The number of rotatable bonds is 5. The van der Waals surface area contributed by atoms with Crippen LogP contribution in [0.15, 0.2) is 29.8 Å². The zero-order valence-corrected chi connectivity index (χ0v) is 10.1. The highest BCUT2D eigenvalue weighted by Crippen LogP contribution is 2.04. The Labute approximate surface area is 96.0 Å². The Morgan fingerprint density at radius 1 is 1.56 bits per heavy atom. The quantitative estimate of drug-likeness (QED) is 0.775. The molecule has 0 saturated heterocycles. The zero-order valence-electron chi connectivity index (χ0n) is 10.1. The maximum atomic E-state index is 12.0. The molecule has 0 bridgehead atoms. The van der Waals surface area contributed by atoms with E-state index in [1.165, 1.54) is 0 Å². The van der Waals surface area contributed by atoms with E-state index >= 15 is 0 Å². The van der Waals surface area contributed by atoms with E-state index in [4.69, 9.17) is 0 Å². The largest absolute Gasteiger partial charge is 0.363 e. The van der Waals surface area contributed by atoms with Crippen LogP contribution in [0.3, 0.4) is 0 Å². The number of anilines is 1. The normalized spacial score (nSPS) is 12.5. The van der Waals surface area contributed by atoms with Crippen LogP contribution in [0.2, 0.25) is 0 Å². The lowest BCUT2D eigenvalue weighted by molar-refractivity contribution is 0.574. The minimum absolute atomic E-state index is 0.0755. The summed E-state index contributed by atoms with van der Waals surface area (Å²) in [5.41, 5.74) is -0.0755. The predicted octanol–water partition coefficient (Wildman–Crippen LogP) is 2.20. The van der Waals surface area contributed by atoms with E-state index < -0.39 is 0 Å². The fraction of sp³-hybridized carbons (Fsp3) is 0.500. The second-order valence-electron chi connectivity index (χ2n) is 4.15. The van der Waals surface area contributed by atoms with Crippen LogP contribution in [-0.4, -0.2) is 15.6 Å². The molecule has 0 spiro atoms. The number of hydrogen-bond donors (Lipinski definition) is 1. The molecule has 1 rings (SSSR count). The summed E-state index contributed by atoms with van der Waals surface area (Å²) in [6.07, 6.45) is 5.97. The molecule has 4 heteroatoms. The summed E-state index contributed by atoms with van der Waals surface area (Å²) in [4.78, 5) is 16.0. The lowest BCUT2D eigenvalue weighted by Gasteiger charge is -2.14. The van der Waals surface area contributed by atoms with Gasteiger partial charge in [0.2, 0.25) is 0 Å². The molecule has 1 atom stereocenters. The molecule has 1 aromatic heterocycles. The molecular formula is C12H19N3O. The molecule has 88 valence electrons. The second kappa shape index (κ2) is 5.49. The van der Waals surface area contributed by atoms with Gasteiger partial charge in [-0.1, -0.05) is 6.08 Å². The van der Waals surface area contributed by atoms with Gasteiger partial charge in [-0.2, -0.15) is 0 Å². The smallest absolute Gasteiger partial charge is 0.293 e. The van der Waals surface area contributed by atoms with Crippen molar-refractivity contribution in [1.82, 2.24) is 9.55 Å². The first-order chi connectivity index (χ1) is 7.56. The highest BCUT2D eigenvalue weighted by molar-refractivity contribution is 5.32. The summed E-state index contributed by atoms with van der Waals surface area (Å²) < 4.78 is 1.66. The van der Waals surface area contributed by atoms with Crippen LogP contribution >= 0.6 is 0 Å². The van der Waals surface area contributed by atoms with Gasteiger partial charge in [0.15, 0.2) is 5.82 Å². The average Bonchev–Trinajstić information content (AvgIpc) is 2.21. The van der Waals surface area contributed by atoms with Crippen LogP contribution in [0.4, 0.5) is 5.82 Å². The molecular weight excluding hydrogens is 202 g/mol. The molecule has 0 radical (unpaired) electrons. The lowest BCUT2D eigenvalue weighted by Crippen LogP contribution is -2.28. The van der Waals surface area contributed by atoms with Gasteiger partial charge in [-0.15, -0.1) is 6.58 Å². The number of nitrogens with one attached hydrogen (secondary N) is 1. The van der Waals surface area contributed by atoms with Gasteiger partial charge >= 0.3 is 0 Å². The van der Waals surface area contributed by atoms with E-state index in [2.05, 4.69) is 16.9 Å². The van der Waals surface area contributed by atoms with Crippen LogP contribution in [0.1, 0.15) is 33.2 Å². The first-order valence-electron chi connectivity index (χ1n) is 5.50. The van der Waals surface area contributed by atoms with Crippen molar-refractivity contribution < 1.29 is 0 Å². The standard InChI is InChI=1S/C12H19N3O/c1-5-6-10(4)14-11-12(16)15(9(2)3)8-7-13-11/h5,7-10H,1,6H2,2-4H3,(H,13,14). The summed E-state index contributed by atoms with van der Waals surface area (Å²) >= 11 is 0. The Kier molecular flexibility index (Phi) is 4.28. The third-order valence-electron chi connectivity index (χ3n) is 2.33. The van der Waals surface area contributed by atoms with E-state index in [1.54, 1.807) is 17.0 Å². The molecule has 1 heterocycles. The SMILES string of the molecule is C=CCC(C)Nc1nccn(C(C)C)c1=O.